The van der Waals surface area contributed by atoms with E-state index in [0.717, 1.165) is 40.9 Å². The lowest BCUT2D eigenvalue weighted by atomic mass is 10.2. The predicted octanol–water partition coefficient (Wildman–Crippen LogP) is 5.33. The van der Waals surface area contributed by atoms with Crippen LogP contribution in [0.4, 0.5) is 0 Å². The van der Waals surface area contributed by atoms with Gasteiger partial charge in [0, 0.05) is 45.5 Å². The van der Waals surface area contributed by atoms with Gasteiger partial charge in [0.15, 0.2) is 11.6 Å². The molecule has 0 aliphatic heterocycles. The third kappa shape index (κ3) is 4.19. The van der Waals surface area contributed by atoms with Crippen molar-refractivity contribution in [1.29, 1.82) is 0 Å². The Labute approximate surface area is 193 Å². The van der Waals surface area contributed by atoms with Gasteiger partial charge in [0.05, 0.1) is 11.9 Å². The summed E-state index contributed by atoms with van der Waals surface area (Å²) in [6.45, 7) is 1.04. The van der Waals surface area contributed by atoms with Gasteiger partial charge in [-0.1, -0.05) is 39.6 Å². The maximum atomic E-state index is 6.26. The van der Waals surface area contributed by atoms with Gasteiger partial charge in [-0.3, -0.25) is 0 Å². The first-order valence-electron chi connectivity index (χ1n) is 10.0. The molecule has 0 aliphatic rings. The molecule has 0 spiro atoms. The summed E-state index contributed by atoms with van der Waals surface area (Å²) in [5.74, 6) is 2.12. The third-order valence-corrected chi connectivity index (χ3v) is 5.89. The molecule has 0 atom stereocenters. The van der Waals surface area contributed by atoms with E-state index in [1.807, 2.05) is 30.3 Å². The quantitative estimate of drug-likeness (QED) is 0.330. The fourth-order valence-corrected chi connectivity index (χ4v) is 4.15. The van der Waals surface area contributed by atoms with E-state index in [-0.39, 0.29) is 6.61 Å². The van der Waals surface area contributed by atoms with E-state index in [1.54, 1.807) is 18.3 Å². The zero-order valence-electron chi connectivity index (χ0n) is 16.8. The molecule has 0 aliphatic carbocycles. The number of nitrogens with one attached hydrogen (secondary N) is 1. The minimum Gasteiger partial charge on any atom is -0.489 e. The molecule has 0 fully saturated rings. The van der Waals surface area contributed by atoms with Crippen molar-refractivity contribution in [2.45, 2.75) is 26.0 Å². The van der Waals surface area contributed by atoms with Crippen LogP contribution in [0, 0.1) is 0 Å². The van der Waals surface area contributed by atoms with E-state index in [2.05, 4.69) is 36.4 Å². The highest BCUT2D eigenvalue weighted by Crippen LogP contribution is 2.32. The van der Waals surface area contributed by atoms with Crippen LogP contribution in [0.2, 0.25) is 10.0 Å². The molecule has 162 valence electrons. The number of ether oxygens (including phenoxy) is 1. The summed E-state index contributed by atoms with van der Waals surface area (Å²) in [7, 11) is 0. The largest absolute Gasteiger partial charge is 0.489 e. The number of H-pyrrole nitrogens is 1. The van der Waals surface area contributed by atoms with Crippen molar-refractivity contribution < 1.29 is 9.26 Å². The number of halogens is 2. The lowest BCUT2D eigenvalue weighted by Crippen LogP contribution is -2.02. The van der Waals surface area contributed by atoms with Gasteiger partial charge in [0.2, 0.25) is 0 Å². The maximum absolute atomic E-state index is 6.26. The maximum Gasteiger partial charge on any atom is 0.183 e. The summed E-state index contributed by atoms with van der Waals surface area (Å²) < 4.78 is 13.6. The molecule has 10 heteroatoms. The van der Waals surface area contributed by atoms with E-state index in [0.29, 0.717) is 28.1 Å². The number of tetrazole rings is 1. The Balaban J connectivity index is 1.41. The standard InChI is InChI=1S/C22H18Cl2N6O2/c23-17-3-1-4-18(24)16(17)13-31-15-6-7-19-14(11-15)12-20(21-8-9-25-32-21)30(19)10-2-5-22-26-28-29-27-22/h1,3-4,6-9,11-12H,2,5,10,13H2,(H,26,27,28,29). The van der Waals surface area contributed by atoms with Crippen molar-refractivity contribution in [2.75, 3.05) is 0 Å². The minimum atomic E-state index is 0.282. The Kier molecular flexibility index (Phi) is 5.79. The molecule has 3 heterocycles. The van der Waals surface area contributed by atoms with Gasteiger partial charge in [-0.15, -0.1) is 10.2 Å². The van der Waals surface area contributed by atoms with Crippen LogP contribution in [0.15, 0.2) is 59.3 Å². The minimum absolute atomic E-state index is 0.282. The van der Waals surface area contributed by atoms with Gasteiger partial charge in [-0.2, -0.15) is 5.21 Å². The Morgan fingerprint density at radius 2 is 1.94 bits per heavy atom. The first-order chi connectivity index (χ1) is 15.7. The van der Waals surface area contributed by atoms with E-state index < -0.39 is 0 Å². The molecule has 3 aromatic heterocycles. The normalized spacial score (nSPS) is 11.3. The molecule has 0 unspecified atom stereocenters. The molecule has 8 nitrogen and oxygen atoms in total. The van der Waals surface area contributed by atoms with Crippen molar-refractivity contribution in [3.8, 4) is 17.2 Å². The molecule has 0 saturated carbocycles. The SMILES string of the molecule is Clc1cccc(Cl)c1COc1ccc2c(c1)cc(-c1ccno1)n2CCCc1nn[nH]n1. The molecular weight excluding hydrogens is 451 g/mol. The highest BCUT2D eigenvalue weighted by molar-refractivity contribution is 6.35. The zero-order chi connectivity index (χ0) is 21.9. The van der Waals surface area contributed by atoms with E-state index in [1.165, 1.54) is 0 Å². The number of fused-ring (bicyclic) bond motifs is 1. The molecule has 5 aromatic rings. The molecule has 0 amide bonds. The lowest BCUT2D eigenvalue weighted by Gasteiger charge is -2.11. The van der Waals surface area contributed by atoms with Crippen LogP contribution < -0.4 is 4.74 Å². The number of benzene rings is 2. The van der Waals surface area contributed by atoms with E-state index in [4.69, 9.17) is 32.5 Å². The summed E-state index contributed by atoms with van der Waals surface area (Å²) in [6, 6.07) is 15.3. The van der Waals surface area contributed by atoms with Crippen LogP contribution in [0.25, 0.3) is 22.4 Å². The molecule has 0 radical (unpaired) electrons. The number of aromatic nitrogens is 6. The Bertz CT molecular complexity index is 1310. The Hall–Kier alpha value is -3.36. The van der Waals surface area contributed by atoms with E-state index in [9.17, 15) is 0 Å². The Morgan fingerprint density at radius 3 is 2.69 bits per heavy atom. The molecule has 2 aromatic carbocycles. The third-order valence-electron chi connectivity index (χ3n) is 5.18. The van der Waals surface area contributed by atoms with Crippen LogP contribution in [-0.2, 0) is 19.6 Å². The average molecular weight is 469 g/mol. The summed E-state index contributed by atoms with van der Waals surface area (Å²) >= 11 is 12.5. The van der Waals surface area contributed by atoms with Crippen LogP contribution in [0.1, 0.15) is 17.8 Å². The van der Waals surface area contributed by atoms with Gasteiger partial charge in [0.1, 0.15) is 12.4 Å². The van der Waals surface area contributed by atoms with Crippen LogP contribution in [0.3, 0.4) is 0 Å². The molecular formula is C22H18Cl2N6O2. The van der Waals surface area contributed by atoms with Gasteiger partial charge < -0.3 is 13.8 Å². The van der Waals surface area contributed by atoms with Crippen LogP contribution in [0.5, 0.6) is 5.75 Å². The number of nitrogens with zero attached hydrogens (tertiary/aromatic N) is 5. The fraction of sp³-hybridized carbons (Fsp3) is 0.182. The predicted molar refractivity (Wildman–Crippen MR) is 121 cm³/mol. The van der Waals surface area contributed by atoms with Gasteiger partial charge in [-0.25, -0.2) is 0 Å². The van der Waals surface area contributed by atoms with Crippen molar-refractivity contribution in [1.82, 2.24) is 30.3 Å². The molecule has 0 saturated heterocycles. The van der Waals surface area contributed by atoms with Crippen LogP contribution in [-0.4, -0.2) is 30.3 Å². The Morgan fingerprint density at radius 1 is 1.06 bits per heavy atom. The number of hydrogen-bond donors (Lipinski definition) is 1. The summed E-state index contributed by atoms with van der Waals surface area (Å²) in [5.41, 5.74) is 2.77. The molecule has 5 rings (SSSR count). The molecule has 0 bridgehead atoms. The van der Waals surface area contributed by atoms with Gasteiger partial charge in [0.25, 0.3) is 0 Å². The first kappa shape index (κ1) is 20.5. The molecule has 32 heavy (non-hydrogen) atoms. The highest BCUT2D eigenvalue weighted by Gasteiger charge is 2.15. The second-order valence-corrected chi connectivity index (χ2v) is 8.01. The van der Waals surface area contributed by atoms with Gasteiger partial charge >= 0.3 is 0 Å². The number of rotatable bonds is 8. The summed E-state index contributed by atoms with van der Waals surface area (Å²) in [5, 5.41) is 20.2. The van der Waals surface area contributed by atoms with Gasteiger partial charge in [-0.05, 0) is 42.8 Å². The first-order valence-corrected chi connectivity index (χ1v) is 10.8. The second-order valence-electron chi connectivity index (χ2n) is 7.20. The number of aromatic amines is 1. The molecule has 1 N–H and O–H groups in total. The number of hydrogen-bond acceptors (Lipinski definition) is 6. The summed E-state index contributed by atoms with van der Waals surface area (Å²) in [4.78, 5) is 0. The zero-order valence-corrected chi connectivity index (χ0v) is 18.3. The monoisotopic (exact) mass is 468 g/mol. The van der Waals surface area contributed by atoms with Crippen LogP contribution >= 0.6 is 23.2 Å². The highest BCUT2D eigenvalue weighted by atomic mass is 35.5. The summed E-state index contributed by atoms with van der Waals surface area (Å²) in [6.07, 6.45) is 3.19. The lowest BCUT2D eigenvalue weighted by molar-refractivity contribution is 0.307. The van der Waals surface area contributed by atoms with E-state index >= 15 is 0 Å². The topological polar surface area (TPSA) is 94.6 Å². The average Bonchev–Trinajstić information content (AvgIpc) is 3.55. The van der Waals surface area contributed by atoms with Crippen molar-refractivity contribution in [2.24, 2.45) is 0 Å². The second kappa shape index (κ2) is 9.02. The number of aryl methyl sites for hydroxylation is 2. The van der Waals surface area contributed by atoms with Crippen molar-refractivity contribution in [3.05, 3.63) is 76.2 Å². The fourth-order valence-electron chi connectivity index (χ4n) is 3.64. The van der Waals surface area contributed by atoms with Crippen molar-refractivity contribution >= 4 is 34.1 Å². The van der Waals surface area contributed by atoms with Crippen molar-refractivity contribution in [3.63, 3.8) is 0 Å². The smallest absolute Gasteiger partial charge is 0.183 e.